The van der Waals surface area contributed by atoms with Gasteiger partial charge < -0.3 is 4.74 Å². The van der Waals surface area contributed by atoms with Gasteiger partial charge in [0.2, 0.25) is 0 Å². The number of carbonyl (C=O) groups excluding carboxylic acids is 1. The van der Waals surface area contributed by atoms with E-state index in [0.29, 0.717) is 10.6 Å². The van der Waals surface area contributed by atoms with Gasteiger partial charge in [-0.2, -0.15) is 0 Å². The van der Waals surface area contributed by atoms with Gasteiger partial charge in [0.1, 0.15) is 0 Å². The van der Waals surface area contributed by atoms with Crippen molar-refractivity contribution in [2.45, 2.75) is 0 Å². The van der Waals surface area contributed by atoms with Crippen molar-refractivity contribution < 1.29 is 9.53 Å². The highest BCUT2D eigenvalue weighted by Gasteiger charge is 2.08. The molecular weight excluding hydrogens is 260 g/mol. The molecule has 3 heteroatoms. The fraction of sp³-hybridized carbons (Fsp3) is 0.0625. The Morgan fingerprint density at radius 2 is 1.58 bits per heavy atom. The van der Waals surface area contributed by atoms with E-state index in [1.165, 1.54) is 7.11 Å². The van der Waals surface area contributed by atoms with Gasteiger partial charge in [0.15, 0.2) is 0 Å². The van der Waals surface area contributed by atoms with Crippen molar-refractivity contribution in [2.75, 3.05) is 7.11 Å². The normalized spacial score (nSPS) is 10.6. The van der Waals surface area contributed by atoms with E-state index < -0.39 is 0 Å². The minimum absolute atomic E-state index is 0.348. The molecule has 0 heterocycles. The van der Waals surface area contributed by atoms with Gasteiger partial charge in [0, 0.05) is 5.02 Å². The Labute approximate surface area is 117 Å². The third-order valence-electron chi connectivity index (χ3n) is 2.71. The number of esters is 1. The van der Waals surface area contributed by atoms with Crippen molar-refractivity contribution in [3.8, 4) is 0 Å². The lowest BCUT2D eigenvalue weighted by Crippen LogP contribution is -2.02. The lowest BCUT2D eigenvalue weighted by Gasteiger charge is -2.03. The van der Waals surface area contributed by atoms with Crippen LogP contribution in [0.2, 0.25) is 5.02 Å². The van der Waals surface area contributed by atoms with E-state index in [1.54, 1.807) is 12.1 Å². The maximum atomic E-state index is 11.6. The van der Waals surface area contributed by atoms with Crippen LogP contribution in [0.1, 0.15) is 21.5 Å². The van der Waals surface area contributed by atoms with Crippen LogP contribution >= 0.6 is 11.6 Å². The third kappa shape index (κ3) is 3.24. The molecule has 0 saturated heterocycles. The SMILES string of the molecule is COC(=O)c1ccccc1/C=C/c1ccccc1Cl. The quantitative estimate of drug-likeness (QED) is 0.615. The van der Waals surface area contributed by atoms with Crippen LogP contribution in [-0.2, 0) is 4.74 Å². The monoisotopic (exact) mass is 272 g/mol. The van der Waals surface area contributed by atoms with Crippen molar-refractivity contribution in [3.63, 3.8) is 0 Å². The average Bonchev–Trinajstić information content (AvgIpc) is 2.46. The van der Waals surface area contributed by atoms with Gasteiger partial charge in [0.05, 0.1) is 12.7 Å². The molecule has 0 atom stereocenters. The van der Waals surface area contributed by atoms with E-state index in [0.717, 1.165) is 11.1 Å². The lowest BCUT2D eigenvalue weighted by atomic mass is 10.1. The number of hydrogen-bond donors (Lipinski definition) is 0. The number of methoxy groups -OCH3 is 1. The first-order chi connectivity index (χ1) is 9.22. The molecule has 96 valence electrons. The number of halogens is 1. The van der Waals surface area contributed by atoms with Gasteiger partial charge in [-0.15, -0.1) is 0 Å². The van der Waals surface area contributed by atoms with Crippen LogP contribution in [0.25, 0.3) is 12.2 Å². The summed E-state index contributed by atoms with van der Waals surface area (Å²) in [4.78, 5) is 11.6. The highest BCUT2D eigenvalue weighted by molar-refractivity contribution is 6.32. The number of benzene rings is 2. The Hall–Kier alpha value is -2.06. The van der Waals surface area contributed by atoms with E-state index >= 15 is 0 Å². The van der Waals surface area contributed by atoms with Crippen molar-refractivity contribution in [2.24, 2.45) is 0 Å². The summed E-state index contributed by atoms with van der Waals surface area (Å²) in [6.07, 6.45) is 3.73. The van der Waals surface area contributed by atoms with Crippen LogP contribution < -0.4 is 0 Å². The summed E-state index contributed by atoms with van der Waals surface area (Å²) in [5.41, 5.74) is 2.24. The Morgan fingerprint density at radius 3 is 2.26 bits per heavy atom. The molecule has 0 aromatic heterocycles. The highest BCUT2D eigenvalue weighted by Crippen LogP contribution is 2.19. The maximum Gasteiger partial charge on any atom is 0.338 e. The third-order valence-corrected chi connectivity index (χ3v) is 3.06. The molecule has 0 N–H and O–H groups in total. The fourth-order valence-corrected chi connectivity index (χ4v) is 1.93. The summed E-state index contributed by atoms with van der Waals surface area (Å²) >= 11 is 6.08. The van der Waals surface area contributed by atoms with Crippen molar-refractivity contribution in [1.29, 1.82) is 0 Å². The Morgan fingerprint density at radius 1 is 1.00 bits per heavy atom. The second kappa shape index (κ2) is 6.21. The molecule has 0 unspecified atom stereocenters. The van der Waals surface area contributed by atoms with E-state index in [2.05, 4.69) is 0 Å². The smallest absolute Gasteiger partial charge is 0.338 e. The molecule has 2 nitrogen and oxygen atoms in total. The standard InChI is InChI=1S/C16H13ClO2/c1-19-16(18)14-8-4-2-6-12(14)10-11-13-7-3-5-9-15(13)17/h2-11H,1H3/b11-10+. The maximum absolute atomic E-state index is 11.6. The molecule has 2 aromatic rings. The largest absolute Gasteiger partial charge is 0.465 e. The van der Waals surface area contributed by atoms with Gasteiger partial charge in [-0.3, -0.25) is 0 Å². The zero-order valence-electron chi connectivity index (χ0n) is 10.5. The van der Waals surface area contributed by atoms with Crippen LogP contribution in [-0.4, -0.2) is 13.1 Å². The predicted octanol–water partition coefficient (Wildman–Crippen LogP) is 4.30. The molecule has 0 aliphatic rings. The number of hydrogen-bond acceptors (Lipinski definition) is 2. The Kier molecular flexibility index (Phi) is 4.37. The minimum Gasteiger partial charge on any atom is -0.465 e. The molecule has 0 amide bonds. The summed E-state index contributed by atoms with van der Waals surface area (Å²) in [6, 6.07) is 14.8. The van der Waals surface area contributed by atoms with Crippen LogP contribution in [0.5, 0.6) is 0 Å². The van der Waals surface area contributed by atoms with Crippen molar-refractivity contribution in [3.05, 3.63) is 70.2 Å². The van der Waals surface area contributed by atoms with E-state index in [9.17, 15) is 4.79 Å². The zero-order chi connectivity index (χ0) is 13.7. The van der Waals surface area contributed by atoms with E-state index in [4.69, 9.17) is 16.3 Å². The molecule has 0 fully saturated rings. The molecule has 0 bridgehead atoms. The van der Waals surface area contributed by atoms with Crippen molar-refractivity contribution in [1.82, 2.24) is 0 Å². The first-order valence-electron chi connectivity index (χ1n) is 5.82. The minimum atomic E-state index is -0.348. The molecule has 0 radical (unpaired) electrons. The second-order valence-corrected chi connectivity index (χ2v) is 4.34. The number of rotatable bonds is 3. The van der Waals surface area contributed by atoms with Gasteiger partial charge in [0.25, 0.3) is 0 Å². The molecular formula is C16H13ClO2. The molecule has 19 heavy (non-hydrogen) atoms. The van der Waals surface area contributed by atoms with Gasteiger partial charge in [-0.25, -0.2) is 4.79 Å². The zero-order valence-corrected chi connectivity index (χ0v) is 11.2. The fourth-order valence-electron chi connectivity index (χ4n) is 1.73. The number of ether oxygens (including phenoxy) is 1. The highest BCUT2D eigenvalue weighted by atomic mass is 35.5. The van der Waals surface area contributed by atoms with Crippen molar-refractivity contribution >= 4 is 29.7 Å². The van der Waals surface area contributed by atoms with Crippen LogP contribution in [0.3, 0.4) is 0 Å². The lowest BCUT2D eigenvalue weighted by molar-refractivity contribution is 0.0600. The van der Waals surface area contributed by atoms with Gasteiger partial charge in [-0.1, -0.05) is 60.2 Å². The number of carbonyl (C=O) groups is 1. The molecule has 0 saturated carbocycles. The Bertz CT molecular complexity index is 618. The molecule has 2 aromatic carbocycles. The van der Waals surface area contributed by atoms with Crippen LogP contribution in [0.15, 0.2) is 48.5 Å². The summed E-state index contributed by atoms with van der Waals surface area (Å²) in [6.45, 7) is 0. The Balaban J connectivity index is 2.34. The van der Waals surface area contributed by atoms with Gasteiger partial charge in [-0.05, 0) is 23.3 Å². The predicted molar refractivity (Wildman–Crippen MR) is 78.2 cm³/mol. The summed E-state index contributed by atoms with van der Waals surface area (Å²) < 4.78 is 4.75. The first kappa shape index (κ1) is 13.4. The van der Waals surface area contributed by atoms with Crippen LogP contribution in [0, 0.1) is 0 Å². The molecule has 0 aliphatic carbocycles. The molecule has 0 spiro atoms. The first-order valence-corrected chi connectivity index (χ1v) is 6.20. The van der Waals surface area contributed by atoms with E-state index in [-0.39, 0.29) is 5.97 Å². The van der Waals surface area contributed by atoms with Gasteiger partial charge >= 0.3 is 5.97 Å². The topological polar surface area (TPSA) is 26.3 Å². The summed E-state index contributed by atoms with van der Waals surface area (Å²) in [5.74, 6) is -0.348. The molecule has 2 rings (SSSR count). The average molecular weight is 273 g/mol. The second-order valence-electron chi connectivity index (χ2n) is 3.93. The summed E-state index contributed by atoms with van der Waals surface area (Å²) in [5, 5.41) is 0.675. The summed E-state index contributed by atoms with van der Waals surface area (Å²) in [7, 11) is 1.37. The van der Waals surface area contributed by atoms with Crippen LogP contribution in [0.4, 0.5) is 0 Å². The molecule has 0 aliphatic heterocycles. The van der Waals surface area contributed by atoms with E-state index in [1.807, 2.05) is 48.6 Å².